The van der Waals surface area contributed by atoms with E-state index in [0.29, 0.717) is 23.7 Å². The lowest BCUT2D eigenvalue weighted by Gasteiger charge is -2.27. The molecule has 1 aliphatic heterocycles. The molecule has 5 nitrogen and oxygen atoms in total. The van der Waals surface area contributed by atoms with Crippen LogP contribution < -0.4 is 0 Å². The number of H-pyrrole nitrogens is 1. The monoisotopic (exact) mass is 421 g/mol. The van der Waals surface area contributed by atoms with Crippen LogP contribution in [0.4, 0.5) is 0 Å². The minimum absolute atomic E-state index is 0.00101. The highest BCUT2D eigenvalue weighted by atomic mass is 35.5. The first kappa shape index (κ1) is 20.4. The number of Topliss-reactive ketones (excluding diaryl/α,β-unsaturated/α-hetero) is 1. The number of fused-ring (bicyclic) bond motifs is 1. The Morgan fingerprint density at radius 3 is 2.57 bits per heavy atom. The zero-order valence-corrected chi connectivity index (χ0v) is 17.9. The maximum atomic E-state index is 12.8. The third-order valence-electron chi connectivity index (χ3n) is 5.80. The number of hydrogen-bond donors (Lipinski definition) is 1. The highest BCUT2D eigenvalue weighted by Gasteiger charge is 2.26. The summed E-state index contributed by atoms with van der Waals surface area (Å²) in [6.45, 7) is 5.14. The van der Waals surface area contributed by atoms with Gasteiger partial charge in [0.1, 0.15) is 0 Å². The van der Waals surface area contributed by atoms with Crippen LogP contribution in [0.3, 0.4) is 0 Å². The van der Waals surface area contributed by atoms with Gasteiger partial charge in [0.05, 0.1) is 5.69 Å². The standard InChI is InChI=1S/C24H24ClN3O2/c1-15-3-4-18(13-16(15)2)22(29)9-10-23(30)28-12-11-21-20(14-28)24(27-26-21)17-5-7-19(25)8-6-17/h3-8,13H,9-12,14H2,1-2H3,(H,26,27). The van der Waals surface area contributed by atoms with Gasteiger partial charge in [-0.25, -0.2) is 0 Å². The topological polar surface area (TPSA) is 66.1 Å². The van der Waals surface area contributed by atoms with Gasteiger partial charge in [-0.05, 0) is 43.2 Å². The first-order valence-electron chi connectivity index (χ1n) is 10.1. The first-order chi connectivity index (χ1) is 14.4. The number of carbonyl (C=O) groups excluding carboxylic acids is 2. The Labute approximate surface area is 181 Å². The fraction of sp³-hybridized carbons (Fsp3) is 0.292. The summed E-state index contributed by atoms with van der Waals surface area (Å²) in [5.41, 5.74) is 6.84. The van der Waals surface area contributed by atoms with Crippen molar-refractivity contribution in [2.75, 3.05) is 6.54 Å². The van der Waals surface area contributed by atoms with Gasteiger partial charge in [-0.2, -0.15) is 5.10 Å². The fourth-order valence-corrected chi connectivity index (χ4v) is 3.92. The number of aromatic amines is 1. The maximum absolute atomic E-state index is 12.8. The van der Waals surface area contributed by atoms with Gasteiger partial charge in [0.15, 0.2) is 5.78 Å². The predicted molar refractivity (Wildman–Crippen MR) is 118 cm³/mol. The largest absolute Gasteiger partial charge is 0.338 e. The van der Waals surface area contributed by atoms with Crippen molar-refractivity contribution < 1.29 is 9.59 Å². The third kappa shape index (κ3) is 4.17. The van der Waals surface area contributed by atoms with Gasteiger partial charge in [0.25, 0.3) is 0 Å². The molecule has 1 aliphatic rings. The van der Waals surface area contributed by atoms with Gasteiger partial charge in [0, 0.05) is 59.8 Å². The lowest BCUT2D eigenvalue weighted by Crippen LogP contribution is -2.36. The van der Waals surface area contributed by atoms with Gasteiger partial charge in [-0.15, -0.1) is 0 Å². The number of halogens is 1. The lowest BCUT2D eigenvalue weighted by atomic mass is 9.99. The normalized spacial score (nSPS) is 13.2. The fourth-order valence-electron chi connectivity index (χ4n) is 3.79. The molecule has 2 heterocycles. The van der Waals surface area contributed by atoms with Gasteiger partial charge in [-0.1, -0.05) is 35.9 Å². The number of aryl methyl sites for hydroxylation is 2. The second-order valence-electron chi connectivity index (χ2n) is 7.82. The molecular weight excluding hydrogens is 398 g/mol. The molecule has 1 aromatic heterocycles. The molecule has 1 amide bonds. The number of hydrogen-bond acceptors (Lipinski definition) is 3. The van der Waals surface area contributed by atoms with Crippen molar-refractivity contribution in [2.45, 2.75) is 39.7 Å². The van der Waals surface area contributed by atoms with E-state index in [1.54, 1.807) is 0 Å². The molecule has 6 heteroatoms. The second kappa shape index (κ2) is 8.44. The number of carbonyl (C=O) groups is 2. The molecule has 0 radical (unpaired) electrons. The molecule has 30 heavy (non-hydrogen) atoms. The third-order valence-corrected chi connectivity index (χ3v) is 6.05. The summed E-state index contributed by atoms with van der Waals surface area (Å²) in [5.74, 6) is 0.00963. The molecule has 0 saturated heterocycles. The van der Waals surface area contributed by atoms with Crippen molar-refractivity contribution >= 4 is 23.3 Å². The van der Waals surface area contributed by atoms with E-state index in [0.717, 1.165) is 40.1 Å². The second-order valence-corrected chi connectivity index (χ2v) is 8.26. The van der Waals surface area contributed by atoms with Crippen LogP contribution in [0.2, 0.25) is 5.02 Å². The number of aromatic nitrogens is 2. The van der Waals surface area contributed by atoms with Crippen LogP contribution in [0.25, 0.3) is 11.3 Å². The lowest BCUT2D eigenvalue weighted by molar-refractivity contribution is -0.132. The van der Waals surface area contributed by atoms with E-state index in [1.165, 1.54) is 0 Å². The quantitative estimate of drug-likeness (QED) is 0.596. The average molecular weight is 422 g/mol. The number of amides is 1. The number of rotatable bonds is 5. The summed E-state index contributed by atoms with van der Waals surface area (Å²) >= 11 is 5.99. The molecule has 3 aromatic rings. The van der Waals surface area contributed by atoms with E-state index < -0.39 is 0 Å². The number of nitrogens with zero attached hydrogens (tertiary/aromatic N) is 2. The van der Waals surface area contributed by atoms with Crippen molar-refractivity contribution in [3.8, 4) is 11.3 Å². The molecule has 1 N–H and O–H groups in total. The summed E-state index contributed by atoms with van der Waals surface area (Å²) in [7, 11) is 0. The van der Waals surface area contributed by atoms with E-state index in [4.69, 9.17) is 11.6 Å². The van der Waals surface area contributed by atoms with Crippen LogP contribution in [0.5, 0.6) is 0 Å². The molecule has 0 aliphatic carbocycles. The van der Waals surface area contributed by atoms with Crippen LogP contribution in [-0.4, -0.2) is 33.3 Å². The Bertz CT molecular complexity index is 1100. The Morgan fingerprint density at radius 1 is 1.07 bits per heavy atom. The van der Waals surface area contributed by atoms with Crippen LogP contribution >= 0.6 is 11.6 Å². The minimum atomic E-state index is 0.00101. The highest BCUT2D eigenvalue weighted by Crippen LogP contribution is 2.29. The first-order valence-corrected chi connectivity index (χ1v) is 10.5. The van der Waals surface area contributed by atoms with E-state index >= 15 is 0 Å². The van der Waals surface area contributed by atoms with Gasteiger partial charge in [0.2, 0.25) is 5.91 Å². The molecule has 0 spiro atoms. The number of ketones is 1. The van der Waals surface area contributed by atoms with Gasteiger partial charge in [-0.3, -0.25) is 14.7 Å². The van der Waals surface area contributed by atoms with Crippen molar-refractivity contribution in [2.24, 2.45) is 0 Å². The Morgan fingerprint density at radius 2 is 1.83 bits per heavy atom. The van der Waals surface area contributed by atoms with Crippen LogP contribution in [0, 0.1) is 13.8 Å². The van der Waals surface area contributed by atoms with Crippen molar-refractivity contribution in [3.05, 3.63) is 75.4 Å². The minimum Gasteiger partial charge on any atom is -0.338 e. The maximum Gasteiger partial charge on any atom is 0.223 e. The molecule has 0 bridgehead atoms. The molecule has 154 valence electrons. The SMILES string of the molecule is Cc1ccc(C(=O)CCC(=O)N2CCc3[nH]nc(-c4ccc(Cl)cc4)c3C2)cc1C. The molecular formula is C24H24ClN3O2. The number of benzene rings is 2. The summed E-state index contributed by atoms with van der Waals surface area (Å²) in [6.07, 6.45) is 1.17. The van der Waals surface area contributed by atoms with E-state index in [2.05, 4.69) is 10.2 Å². The van der Waals surface area contributed by atoms with Gasteiger partial charge < -0.3 is 4.90 Å². The summed E-state index contributed by atoms with van der Waals surface area (Å²) in [4.78, 5) is 27.2. The zero-order chi connectivity index (χ0) is 21.3. The van der Waals surface area contributed by atoms with Crippen molar-refractivity contribution in [1.82, 2.24) is 15.1 Å². The Kier molecular flexibility index (Phi) is 5.73. The van der Waals surface area contributed by atoms with E-state index in [-0.39, 0.29) is 24.5 Å². The average Bonchev–Trinajstić information content (AvgIpc) is 3.17. The summed E-state index contributed by atoms with van der Waals surface area (Å²) in [6, 6.07) is 13.2. The molecule has 0 saturated carbocycles. The van der Waals surface area contributed by atoms with Crippen molar-refractivity contribution in [1.29, 1.82) is 0 Å². The molecule has 4 rings (SSSR count). The van der Waals surface area contributed by atoms with Crippen LogP contribution in [0.15, 0.2) is 42.5 Å². The Balaban J connectivity index is 1.42. The smallest absolute Gasteiger partial charge is 0.223 e. The summed E-state index contributed by atoms with van der Waals surface area (Å²) < 4.78 is 0. The highest BCUT2D eigenvalue weighted by molar-refractivity contribution is 6.30. The molecule has 2 aromatic carbocycles. The zero-order valence-electron chi connectivity index (χ0n) is 17.2. The predicted octanol–water partition coefficient (Wildman–Crippen LogP) is 4.89. The molecule has 0 unspecified atom stereocenters. The molecule has 0 atom stereocenters. The van der Waals surface area contributed by atoms with E-state index in [9.17, 15) is 9.59 Å². The van der Waals surface area contributed by atoms with Crippen molar-refractivity contribution in [3.63, 3.8) is 0 Å². The summed E-state index contributed by atoms with van der Waals surface area (Å²) in [5, 5.41) is 8.24. The number of nitrogens with one attached hydrogen (secondary N) is 1. The van der Waals surface area contributed by atoms with E-state index in [1.807, 2.05) is 61.2 Å². The molecule has 0 fully saturated rings. The van der Waals surface area contributed by atoms with Crippen LogP contribution in [-0.2, 0) is 17.8 Å². The van der Waals surface area contributed by atoms with Gasteiger partial charge >= 0.3 is 0 Å². The van der Waals surface area contributed by atoms with Crippen LogP contribution in [0.1, 0.15) is 45.6 Å². The Hall–Kier alpha value is -2.92.